The topological polar surface area (TPSA) is 38.1 Å². The summed E-state index contributed by atoms with van der Waals surface area (Å²) >= 11 is 0. The Labute approximate surface area is 96.3 Å². The minimum absolute atomic E-state index is 0.690. The number of rotatable bonds is 4. The molecule has 0 aliphatic carbocycles. The van der Waals surface area contributed by atoms with Crippen molar-refractivity contribution in [3.8, 4) is 0 Å². The van der Waals surface area contributed by atoms with Gasteiger partial charge in [-0.05, 0) is 38.4 Å². The van der Waals surface area contributed by atoms with Gasteiger partial charge >= 0.3 is 0 Å². The molecular weight excluding hydrogens is 202 g/mol. The van der Waals surface area contributed by atoms with Crippen LogP contribution in [0.4, 0.5) is 0 Å². The Balaban J connectivity index is 1.89. The molecule has 4 heteroatoms. The first-order valence-electron chi connectivity index (χ1n) is 6.01. The van der Waals surface area contributed by atoms with Crippen LogP contribution in [0.25, 0.3) is 0 Å². The van der Waals surface area contributed by atoms with Crippen LogP contribution in [0.2, 0.25) is 0 Å². The minimum atomic E-state index is 0.690. The maximum absolute atomic E-state index is 10.8. The lowest BCUT2D eigenvalue weighted by Crippen LogP contribution is -2.34. The zero-order chi connectivity index (χ0) is 11.4. The van der Waals surface area contributed by atoms with Crippen molar-refractivity contribution in [3.05, 3.63) is 18.2 Å². The molecule has 1 aliphatic rings. The zero-order valence-electron chi connectivity index (χ0n) is 9.80. The molecule has 1 aromatic heterocycles. The van der Waals surface area contributed by atoms with E-state index in [2.05, 4.69) is 16.8 Å². The largest absolute Gasteiger partial charge is 0.328 e. The third-order valence-electron chi connectivity index (χ3n) is 3.47. The summed E-state index contributed by atoms with van der Waals surface area (Å²) in [6.07, 6.45) is 6.73. The first-order valence-corrected chi connectivity index (χ1v) is 6.01. The van der Waals surface area contributed by atoms with E-state index in [0.29, 0.717) is 11.6 Å². The van der Waals surface area contributed by atoms with Gasteiger partial charge in [0.2, 0.25) is 0 Å². The highest BCUT2D eigenvalue weighted by atomic mass is 16.1. The molecule has 0 saturated carbocycles. The van der Waals surface area contributed by atoms with E-state index in [4.69, 9.17) is 0 Å². The third kappa shape index (κ3) is 2.50. The van der Waals surface area contributed by atoms with Crippen LogP contribution in [-0.4, -0.2) is 40.4 Å². The Morgan fingerprint density at radius 3 is 2.88 bits per heavy atom. The second-order valence-corrected chi connectivity index (χ2v) is 4.47. The monoisotopic (exact) mass is 221 g/mol. The van der Waals surface area contributed by atoms with Crippen LogP contribution in [0.1, 0.15) is 30.3 Å². The Kier molecular flexibility index (Phi) is 3.72. The Morgan fingerprint density at radius 2 is 2.25 bits per heavy atom. The molecule has 0 aromatic carbocycles. The van der Waals surface area contributed by atoms with Gasteiger partial charge in [0.05, 0.1) is 12.5 Å². The van der Waals surface area contributed by atoms with E-state index >= 15 is 0 Å². The van der Waals surface area contributed by atoms with E-state index in [0.717, 1.165) is 19.4 Å². The third-order valence-corrected chi connectivity index (χ3v) is 3.47. The molecule has 0 unspecified atom stereocenters. The van der Waals surface area contributed by atoms with Gasteiger partial charge in [-0.15, -0.1) is 0 Å². The molecule has 0 atom stereocenters. The quantitative estimate of drug-likeness (QED) is 0.722. The Morgan fingerprint density at radius 1 is 1.50 bits per heavy atom. The number of hydrogen-bond acceptors (Lipinski definition) is 3. The molecule has 1 aromatic rings. The van der Waals surface area contributed by atoms with E-state index < -0.39 is 0 Å². The summed E-state index contributed by atoms with van der Waals surface area (Å²) in [5, 5.41) is 0. The SMILES string of the molecule is CCN1CCC(Cn2cncc2C=O)CC1. The Bertz CT molecular complexity index is 340. The number of imidazole rings is 1. The second-order valence-electron chi connectivity index (χ2n) is 4.47. The lowest BCUT2D eigenvalue weighted by atomic mass is 9.97. The lowest BCUT2D eigenvalue weighted by molar-refractivity contribution is 0.111. The second kappa shape index (κ2) is 5.25. The fraction of sp³-hybridized carbons (Fsp3) is 0.667. The first-order chi connectivity index (χ1) is 7.83. The van der Waals surface area contributed by atoms with E-state index in [1.807, 2.05) is 4.57 Å². The van der Waals surface area contributed by atoms with Gasteiger partial charge in [-0.1, -0.05) is 6.92 Å². The van der Waals surface area contributed by atoms with Crippen LogP contribution in [-0.2, 0) is 6.54 Å². The molecule has 0 spiro atoms. The molecule has 1 fully saturated rings. The summed E-state index contributed by atoms with van der Waals surface area (Å²) in [5.41, 5.74) is 0.693. The molecule has 0 bridgehead atoms. The molecule has 4 nitrogen and oxygen atoms in total. The smallest absolute Gasteiger partial charge is 0.168 e. The molecule has 0 radical (unpaired) electrons. The summed E-state index contributed by atoms with van der Waals surface area (Å²) in [5.74, 6) is 0.690. The maximum Gasteiger partial charge on any atom is 0.168 e. The number of piperidine rings is 1. The predicted molar refractivity (Wildman–Crippen MR) is 62.5 cm³/mol. The zero-order valence-corrected chi connectivity index (χ0v) is 9.80. The van der Waals surface area contributed by atoms with E-state index in [1.165, 1.54) is 25.9 Å². The van der Waals surface area contributed by atoms with Gasteiger partial charge in [0, 0.05) is 6.54 Å². The fourth-order valence-corrected chi connectivity index (χ4v) is 2.35. The van der Waals surface area contributed by atoms with Gasteiger partial charge in [-0.2, -0.15) is 0 Å². The summed E-state index contributed by atoms with van der Waals surface area (Å²) in [4.78, 5) is 17.2. The summed E-state index contributed by atoms with van der Waals surface area (Å²) in [6.45, 7) is 6.67. The Hall–Kier alpha value is -1.16. The normalized spacial score (nSPS) is 18.8. The molecule has 16 heavy (non-hydrogen) atoms. The molecule has 0 amide bonds. The van der Waals surface area contributed by atoms with Gasteiger partial charge in [0.1, 0.15) is 5.69 Å². The van der Waals surface area contributed by atoms with Gasteiger partial charge in [0.15, 0.2) is 6.29 Å². The number of aldehydes is 1. The van der Waals surface area contributed by atoms with Gasteiger partial charge in [0.25, 0.3) is 0 Å². The molecule has 2 heterocycles. The highest BCUT2D eigenvalue weighted by molar-refractivity contribution is 5.71. The minimum Gasteiger partial charge on any atom is -0.328 e. The van der Waals surface area contributed by atoms with Crippen LogP contribution < -0.4 is 0 Å². The van der Waals surface area contributed by atoms with Crippen molar-refractivity contribution < 1.29 is 4.79 Å². The van der Waals surface area contributed by atoms with E-state index in [9.17, 15) is 4.79 Å². The summed E-state index contributed by atoms with van der Waals surface area (Å²) < 4.78 is 1.97. The van der Waals surface area contributed by atoms with Gasteiger partial charge in [-0.25, -0.2) is 4.98 Å². The van der Waals surface area contributed by atoms with Crippen molar-refractivity contribution in [1.29, 1.82) is 0 Å². The highest BCUT2D eigenvalue weighted by Gasteiger charge is 2.18. The molecule has 0 N–H and O–H groups in total. The molecule has 88 valence electrons. The summed E-state index contributed by atoms with van der Waals surface area (Å²) in [7, 11) is 0. The van der Waals surface area contributed by atoms with Crippen LogP contribution in [0, 0.1) is 5.92 Å². The van der Waals surface area contributed by atoms with Crippen molar-refractivity contribution in [2.24, 2.45) is 5.92 Å². The van der Waals surface area contributed by atoms with Gasteiger partial charge in [-0.3, -0.25) is 4.79 Å². The fourth-order valence-electron chi connectivity index (χ4n) is 2.35. The van der Waals surface area contributed by atoms with Crippen molar-refractivity contribution in [2.45, 2.75) is 26.3 Å². The highest BCUT2D eigenvalue weighted by Crippen LogP contribution is 2.19. The van der Waals surface area contributed by atoms with Crippen LogP contribution >= 0.6 is 0 Å². The number of aromatic nitrogens is 2. The standard InChI is InChI=1S/C12H19N3O/c1-2-14-5-3-11(4-6-14)8-15-10-13-7-12(15)9-16/h7,9-11H,2-6,8H2,1H3. The first kappa shape index (κ1) is 11.3. The van der Waals surface area contributed by atoms with E-state index in [-0.39, 0.29) is 0 Å². The number of carbonyl (C=O) groups excluding carboxylic acids is 1. The molecule has 1 aliphatic heterocycles. The molecular formula is C12H19N3O. The predicted octanol–water partition coefficient (Wildman–Crippen LogP) is 1.43. The average molecular weight is 221 g/mol. The number of likely N-dealkylation sites (tertiary alicyclic amines) is 1. The average Bonchev–Trinajstić information content (AvgIpc) is 2.77. The molecule has 2 rings (SSSR count). The number of nitrogens with zero attached hydrogens (tertiary/aromatic N) is 3. The van der Waals surface area contributed by atoms with Crippen molar-refractivity contribution in [1.82, 2.24) is 14.5 Å². The number of carbonyl (C=O) groups is 1. The van der Waals surface area contributed by atoms with Crippen LogP contribution in [0.15, 0.2) is 12.5 Å². The number of hydrogen-bond donors (Lipinski definition) is 0. The summed E-state index contributed by atoms with van der Waals surface area (Å²) in [6, 6.07) is 0. The van der Waals surface area contributed by atoms with Crippen molar-refractivity contribution in [3.63, 3.8) is 0 Å². The van der Waals surface area contributed by atoms with E-state index in [1.54, 1.807) is 12.5 Å². The van der Waals surface area contributed by atoms with Crippen molar-refractivity contribution in [2.75, 3.05) is 19.6 Å². The molecule has 1 saturated heterocycles. The van der Waals surface area contributed by atoms with Crippen LogP contribution in [0.3, 0.4) is 0 Å². The lowest BCUT2D eigenvalue weighted by Gasteiger charge is -2.31. The van der Waals surface area contributed by atoms with Crippen molar-refractivity contribution >= 4 is 6.29 Å². The van der Waals surface area contributed by atoms with Gasteiger partial charge < -0.3 is 9.47 Å². The maximum atomic E-state index is 10.8. The van der Waals surface area contributed by atoms with Crippen LogP contribution in [0.5, 0.6) is 0 Å².